The van der Waals surface area contributed by atoms with Crippen LogP contribution < -0.4 is 0 Å². The highest BCUT2D eigenvalue weighted by Crippen LogP contribution is 2.37. The summed E-state index contributed by atoms with van der Waals surface area (Å²) in [5.41, 5.74) is 0.815. The predicted molar refractivity (Wildman–Crippen MR) is 98.5 cm³/mol. The molecule has 2 aromatic carbocycles. The molecule has 4 rings (SSSR count). The summed E-state index contributed by atoms with van der Waals surface area (Å²) >= 11 is 1.60. The van der Waals surface area contributed by atoms with E-state index in [2.05, 4.69) is 4.98 Å². The molecule has 1 aliphatic rings. The normalized spacial score (nSPS) is 17.6. The molecule has 1 saturated heterocycles. The smallest absolute Gasteiger partial charge is 0.333 e. The fraction of sp³-hybridized carbons (Fsp3) is 0.300. The molecule has 0 spiro atoms. The van der Waals surface area contributed by atoms with Gasteiger partial charge in [-0.1, -0.05) is 24.3 Å². The molecule has 0 N–H and O–H groups in total. The molecule has 0 radical (unpaired) electrons. The lowest BCUT2D eigenvalue weighted by molar-refractivity contribution is -0.137. The Morgan fingerprint density at radius 1 is 1.15 bits per heavy atom. The Balaban J connectivity index is 1.50. The van der Waals surface area contributed by atoms with Gasteiger partial charge in [-0.05, 0) is 42.7 Å². The highest BCUT2D eigenvalue weighted by atomic mass is 32.1. The van der Waals surface area contributed by atoms with Crippen molar-refractivity contribution in [2.45, 2.75) is 31.5 Å². The molecule has 1 aromatic heterocycles. The van der Waals surface area contributed by atoms with Crippen LogP contribution in [-0.2, 0) is 17.4 Å². The maximum atomic E-state index is 12.8. The van der Waals surface area contributed by atoms with Gasteiger partial charge >= 0.3 is 6.18 Å². The lowest BCUT2D eigenvalue weighted by atomic mass is 10.1. The van der Waals surface area contributed by atoms with Crippen LogP contribution in [-0.4, -0.2) is 22.3 Å². The third-order valence-electron chi connectivity index (χ3n) is 4.81. The number of fused-ring (bicyclic) bond motifs is 1. The summed E-state index contributed by atoms with van der Waals surface area (Å²) in [4.78, 5) is 19.3. The van der Waals surface area contributed by atoms with Crippen molar-refractivity contribution in [2.24, 2.45) is 0 Å². The molecular weight excluding hydrogens is 373 g/mol. The number of thiazole rings is 1. The van der Waals surface area contributed by atoms with Crippen molar-refractivity contribution in [2.75, 3.05) is 6.54 Å². The summed E-state index contributed by atoms with van der Waals surface area (Å²) in [6.07, 6.45) is -2.51. The number of para-hydroxylation sites is 1. The van der Waals surface area contributed by atoms with Crippen molar-refractivity contribution in [1.29, 1.82) is 0 Å². The third kappa shape index (κ3) is 3.69. The van der Waals surface area contributed by atoms with Crippen LogP contribution in [0, 0.1) is 0 Å². The van der Waals surface area contributed by atoms with E-state index < -0.39 is 11.7 Å². The van der Waals surface area contributed by atoms with Crippen LogP contribution in [0.2, 0.25) is 0 Å². The number of carbonyl (C=O) groups is 1. The van der Waals surface area contributed by atoms with E-state index in [0.717, 1.165) is 40.2 Å². The topological polar surface area (TPSA) is 33.2 Å². The number of amides is 1. The fourth-order valence-corrected chi connectivity index (χ4v) is 4.56. The molecule has 0 unspecified atom stereocenters. The summed E-state index contributed by atoms with van der Waals surface area (Å²) in [6, 6.07) is 12.6. The number of hydrogen-bond acceptors (Lipinski definition) is 3. The van der Waals surface area contributed by atoms with Gasteiger partial charge in [0, 0.05) is 6.54 Å². The Morgan fingerprint density at radius 3 is 2.59 bits per heavy atom. The average molecular weight is 390 g/mol. The number of nitrogens with zero attached hydrogens (tertiary/aromatic N) is 2. The first kappa shape index (κ1) is 18.0. The largest absolute Gasteiger partial charge is 0.416 e. The number of carbonyl (C=O) groups excluding carboxylic acids is 1. The van der Waals surface area contributed by atoms with E-state index in [-0.39, 0.29) is 18.4 Å². The van der Waals surface area contributed by atoms with E-state index in [0.29, 0.717) is 12.1 Å². The summed E-state index contributed by atoms with van der Waals surface area (Å²) in [7, 11) is 0. The minimum absolute atomic E-state index is 0.0515. The van der Waals surface area contributed by atoms with Gasteiger partial charge in [-0.3, -0.25) is 4.79 Å². The molecule has 1 aliphatic heterocycles. The Kier molecular flexibility index (Phi) is 4.63. The highest BCUT2D eigenvalue weighted by molar-refractivity contribution is 7.18. The molecule has 1 amide bonds. The van der Waals surface area contributed by atoms with Gasteiger partial charge in [0.1, 0.15) is 5.01 Å². The van der Waals surface area contributed by atoms with Gasteiger partial charge in [-0.25, -0.2) is 4.98 Å². The lowest BCUT2D eigenvalue weighted by Gasteiger charge is -2.23. The van der Waals surface area contributed by atoms with E-state index in [1.54, 1.807) is 11.3 Å². The fourth-order valence-electron chi connectivity index (χ4n) is 3.44. The summed E-state index contributed by atoms with van der Waals surface area (Å²) in [6.45, 7) is 0.653. The van der Waals surface area contributed by atoms with Crippen molar-refractivity contribution >= 4 is 27.5 Å². The minimum Gasteiger partial charge on any atom is -0.333 e. The van der Waals surface area contributed by atoms with Gasteiger partial charge in [-0.2, -0.15) is 13.2 Å². The Labute approximate surface area is 158 Å². The van der Waals surface area contributed by atoms with Crippen LogP contribution in [0.4, 0.5) is 13.2 Å². The number of aromatic nitrogens is 1. The molecule has 0 bridgehead atoms. The molecule has 0 saturated carbocycles. The molecular formula is C20H17F3N2OS. The first-order valence-electron chi connectivity index (χ1n) is 8.73. The Bertz CT molecular complexity index is 932. The van der Waals surface area contributed by atoms with Gasteiger partial charge in [-0.15, -0.1) is 11.3 Å². The van der Waals surface area contributed by atoms with E-state index in [1.807, 2.05) is 29.2 Å². The van der Waals surface area contributed by atoms with E-state index in [4.69, 9.17) is 0 Å². The number of likely N-dealkylation sites (tertiary alicyclic amines) is 1. The first-order valence-corrected chi connectivity index (χ1v) is 9.54. The number of alkyl halides is 3. The zero-order chi connectivity index (χ0) is 19.0. The molecule has 7 heteroatoms. The van der Waals surface area contributed by atoms with Gasteiger partial charge in [0.05, 0.1) is 28.2 Å². The molecule has 27 heavy (non-hydrogen) atoms. The quantitative estimate of drug-likeness (QED) is 0.614. The average Bonchev–Trinajstić information content (AvgIpc) is 3.28. The predicted octanol–water partition coefficient (Wildman–Crippen LogP) is 5.22. The van der Waals surface area contributed by atoms with Crippen molar-refractivity contribution in [3.63, 3.8) is 0 Å². The first-order chi connectivity index (χ1) is 12.9. The van der Waals surface area contributed by atoms with Crippen molar-refractivity contribution in [3.8, 4) is 0 Å². The van der Waals surface area contributed by atoms with Crippen LogP contribution in [0.5, 0.6) is 0 Å². The molecule has 1 fully saturated rings. The zero-order valence-corrected chi connectivity index (χ0v) is 15.2. The van der Waals surface area contributed by atoms with Gasteiger partial charge < -0.3 is 4.90 Å². The van der Waals surface area contributed by atoms with Crippen LogP contribution in [0.3, 0.4) is 0 Å². The molecule has 2 heterocycles. The van der Waals surface area contributed by atoms with Crippen LogP contribution >= 0.6 is 11.3 Å². The highest BCUT2D eigenvalue weighted by Gasteiger charge is 2.33. The Morgan fingerprint density at radius 2 is 1.89 bits per heavy atom. The maximum absolute atomic E-state index is 12.8. The van der Waals surface area contributed by atoms with E-state index >= 15 is 0 Å². The minimum atomic E-state index is -4.37. The van der Waals surface area contributed by atoms with Crippen molar-refractivity contribution < 1.29 is 18.0 Å². The molecule has 3 nitrogen and oxygen atoms in total. The van der Waals surface area contributed by atoms with Gasteiger partial charge in [0.15, 0.2) is 0 Å². The van der Waals surface area contributed by atoms with Crippen LogP contribution in [0.15, 0.2) is 48.5 Å². The maximum Gasteiger partial charge on any atom is 0.416 e. The second-order valence-electron chi connectivity index (χ2n) is 6.64. The zero-order valence-electron chi connectivity index (χ0n) is 14.4. The van der Waals surface area contributed by atoms with Crippen molar-refractivity contribution in [3.05, 3.63) is 64.7 Å². The number of halogens is 3. The SMILES string of the molecule is O=C(Cc1ccc(C(F)(F)F)cc1)N1CCC[C@H]1c1nc2ccccc2s1. The lowest BCUT2D eigenvalue weighted by Crippen LogP contribution is -2.31. The molecule has 140 valence electrons. The van der Waals surface area contributed by atoms with Crippen LogP contribution in [0.25, 0.3) is 10.2 Å². The number of benzene rings is 2. The summed E-state index contributed by atoms with van der Waals surface area (Å²) in [5, 5.41) is 0.925. The molecule has 0 aliphatic carbocycles. The molecule has 3 aromatic rings. The van der Waals surface area contributed by atoms with Crippen LogP contribution in [0.1, 0.15) is 35.0 Å². The second-order valence-corrected chi connectivity index (χ2v) is 7.70. The molecule has 1 atom stereocenters. The van der Waals surface area contributed by atoms with E-state index in [1.165, 1.54) is 12.1 Å². The Hall–Kier alpha value is -2.41. The summed E-state index contributed by atoms with van der Waals surface area (Å²) in [5.74, 6) is -0.0727. The third-order valence-corrected chi connectivity index (χ3v) is 5.94. The summed E-state index contributed by atoms with van der Waals surface area (Å²) < 4.78 is 39.1. The van der Waals surface area contributed by atoms with Gasteiger partial charge in [0.2, 0.25) is 5.91 Å². The number of hydrogen-bond donors (Lipinski definition) is 0. The standard InChI is InChI=1S/C20H17F3N2OS/c21-20(22,23)14-9-7-13(8-10-14)12-18(26)25-11-3-5-16(25)19-24-15-4-1-2-6-17(15)27-19/h1-2,4,6-10,16H,3,5,11-12H2/t16-/m0/s1. The van der Waals surface area contributed by atoms with Gasteiger partial charge in [0.25, 0.3) is 0 Å². The monoisotopic (exact) mass is 390 g/mol. The van der Waals surface area contributed by atoms with Crippen molar-refractivity contribution in [1.82, 2.24) is 9.88 Å². The number of rotatable bonds is 3. The second kappa shape index (κ2) is 6.96. The van der Waals surface area contributed by atoms with E-state index in [9.17, 15) is 18.0 Å².